The number of nitro groups is 1. The average molecular weight is 304 g/mol. The number of non-ortho nitro benzene ring substituents is 1. The maximum absolute atomic E-state index is 10.8. The van der Waals surface area contributed by atoms with Crippen LogP contribution in [0.15, 0.2) is 36.4 Å². The van der Waals surface area contributed by atoms with E-state index in [1.807, 2.05) is 0 Å². The molecule has 7 heteroatoms. The van der Waals surface area contributed by atoms with Gasteiger partial charge in [-0.2, -0.15) is 0 Å². The van der Waals surface area contributed by atoms with Crippen LogP contribution in [-0.2, 0) is 6.54 Å². The third-order valence-corrected chi connectivity index (χ3v) is 3.17. The van der Waals surface area contributed by atoms with E-state index in [0.717, 1.165) is 0 Å². The zero-order valence-corrected chi connectivity index (χ0v) is 12.2. The van der Waals surface area contributed by atoms with Crippen LogP contribution in [-0.4, -0.2) is 24.2 Å². The number of methoxy groups -OCH3 is 2. The predicted molar refractivity (Wildman–Crippen MR) is 81.6 cm³/mol. The summed E-state index contributed by atoms with van der Waals surface area (Å²) >= 11 is 0. The molecule has 7 nitrogen and oxygen atoms in total. The van der Waals surface area contributed by atoms with Gasteiger partial charge >= 0.3 is 0 Å². The summed E-state index contributed by atoms with van der Waals surface area (Å²) in [4.78, 5) is 10.3. The molecule has 0 bridgehead atoms. The van der Waals surface area contributed by atoms with Crippen molar-refractivity contribution in [2.24, 2.45) is 0 Å². The minimum absolute atomic E-state index is 0.0494. The molecule has 0 saturated carbocycles. The number of benzene rings is 2. The molecular formula is C15H16N2O5. The van der Waals surface area contributed by atoms with Gasteiger partial charge in [0.05, 0.1) is 30.9 Å². The van der Waals surface area contributed by atoms with E-state index in [1.54, 1.807) is 24.3 Å². The molecule has 22 heavy (non-hydrogen) atoms. The van der Waals surface area contributed by atoms with E-state index < -0.39 is 4.92 Å². The maximum atomic E-state index is 10.8. The van der Waals surface area contributed by atoms with Crippen molar-refractivity contribution in [3.8, 4) is 17.2 Å². The van der Waals surface area contributed by atoms with E-state index in [2.05, 4.69) is 5.32 Å². The molecular weight excluding hydrogens is 288 g/mol. The first-order chi connectivity index (χ1) is 10.6. The van der Waals surface area contributed by atoms with Crippen LogP contribution in [0.3, 0.4) is 0 Å². The van der Waals surface area contributed by atoms with Gasteiger partial charge < -0.3 is 19.9 Å². The Morgan fingerprint density at radius 2 is 1.91 bits per heavy atom. The summed E-state index contributed by atoms with van der Waals surface area (Å²) in [7, 11) is 2.92. The minimum atomic E-state index is -0.486. The highest BCUT2D eigenvalue weighted by Gasteiger charge is 2.12. The van der Waals surface area contributed by atoms with Crippen LogP contribution in [0, 0.1) is 10.1 Å². The normalized spacial score (nSPS) is 10.1. The Morgan fingerprint density at radius 1 is 1.18 bits per heavy atom. The molecule has 0 radical (unpaired) electrons. The lowest BCUT2D eigenvalue weighted by Crippen LogP contribution is -2.02. The van der Waals surface area contributed by atoms with Crippen molar-refractivity contribution in [1.29, 1.82) is 0 Å². The third-order valence-electron chi connectivity index (χ3n) is 3.17. The maximum Gasteiger partial charge on any atom is 0.273 e. The number of rotatable bonds is 6. The van der Waals surface area contributed by atoms with E-state index in [-0.39, 0.29) is 11.4 Å². The summed E-state index contributed by atoms with van der Waals surface area (Å²) in [6, 6.07) is 9.47. The quantitative estimate of drug-likeness (QED) is 0.629. The number of aromatic hydroxyl groups is 1. The molecule has 0 fully saturated rings. The van der Waals surface area contributed by atoms with Crippen molar-refractivity contribution in [3.05, 3.63) is 52.1 Å². The number of nitro benzene ring substituents is 1. The van der Waals surface area contributed by atoms with Gasteiger partial charge in [0.25, 0.3) is 5.69 Å². The topological polar surface area (TPSA) is 93.9 Å². The van der Waals surface area contributed by atoms with Crippen molar-refractivity contribution >= 4 is 11.4 Å². The second-order valence-electron chi connectivity index (χ2n) is 4.46. The Balaban J connectivity index is 2.20. The molecule has 0 atom stereocenters. The number of nitrogens with zero attached hydrogens (tertiary/aromatic N) is 1. The number of hydrogen-bond donors (Lipinski definition) is 2. The zero-order valence-electron chi connectivity index (χ0n) is 12.2. The Hall–Kier alpha value is -2.96. The molecule has 0 heterocycles. The largest absolute Gasteiger partial charge is 0.504 e. The van der Waals surface area contributed by atoms with Gasteiger partial charge in [0.2, 0.25) is 0 Å². The number of anilines is 1. The van der Waals surface area contributed by atoms with E-state index in [9.17, 15) is 15.2 Å². The SMILES string of the molecule is COc1cc([N+](=O)[O-])ccc1NCc1cccc(OC)c1O. The number of phenolic OH excluding ortho intramolecular Hbond substituents is 1. The standard InChI is InChI=1S/C15H16N2O5/c1-21-13-5-3-4-10(15(13)18)9-16-12-7-6-11(17(19)20)8-14(12)22-2/h3-8,16,18H,9H2,1-2H3. The number of phenols is 1. The highest BCUT2D eigenvalue weighted by molar-refractivity contribution is 5.61. The van der Waals surface area contributed by atoms with Crippen molar-refractivity contribution < 1.29 is 19.5 Å². The molecule has 2 aromatic rings. The molecule has 2 aromatic carbocycles. The minimum Gasteiger partial charge on any atom is -0.504 e. The van der Waals surface area contributed by atoms with Crippen molar-refractivity contribution in [1.82, 2.24) is 0 Å². The monoisotopic (exact) mass is 304 g/mol. The van der Waals surface area contributed by atoms with Gasteiger partial charge in [-0.25, -0.2) is 0 Å². The Labute approximate surface area is 127 Å². The van der Waals surface area contributed by atoms with Crippen molar-refractivity contribution in [2.75, 3.05) is 19.5 Å². The highest BCUT2D eigenvalue weighted by atomic mass is 16.6. The lowest BCUT2D eigenvalue weighted by Gasteiger charge is -2.13. The second-order valence-corrected chi connectivity index (χ2v) is 4.46. The first-order valence-corrected chi connectivity index (χ1v) is 6.48. The van der Waals surface area contributed by atoms with Gasteiger partial charge in [0.15, 0.2) is 11.5 Å². The van der Waals surface area contributed by atoms with Crippen LogP contribution in [0.5, 0.6) is 17.2 Å². The van der Waals surface area contributed by atoms with Crippen molar-refractivity contribution in [3.63, 3.8) is 0 Å². The predicted octanol–water partition coefficient (Wildman–Crippen LogP) is 2.93. The lowest BCUT2D eigenvalue weighted by molar-refractivity contribution is -0.384. The molecule has 0 amide bonds. The van der Waals surface area contributed by atoms with Gasteiger partial charge in [0.1, 0.15) is 5.75 Å². The smallest absolute Gasteiger partial charge is 0.273 e. The first kappa shape index (κ1) is 15.4. The van der Waals surface area contributed by atoms with Crippen LogP contribution in [0.25, 0.3) is 0 Å². The molecule has 2 rings (SSSR count). The fourth-order valence-electron chi connectivity index (χ4n) is 2.01. The average Bonchev–Trinajstić information content (AvgIpc) is 2.53. The molecule has 0 aromatic heterocycles. The van der Waals surface area contributed by atoms with Gasteiger partial charge in [-0.15, -0.1) is 0 Å². The van der Waals surface area contributed by atoms with E-state index >= 15 is 0 Å². The molecule has 0 unspecified atom stereocenters. The number of ether oxygens (including phenoxy) is 2. The van der Waals surface area contributed by atoms with Crippen LogP contribution < -0.4 is 14.8 Å². The lowest BCUT2D eigenvalue weighted by atomic mass is 10.1. The zero-order chi connectivity index (χ0) is 16.1. The van der Waals surface area contributed by atoms with Crippen molar-refractivity contribution in [2.45, 2.75) is 6.54 Å². The number of nitrogens with one attached hydrogen (secondary N) is 1. The van der Waals surface area contributed by atoms with Crippen LogP contribution in [0.2, 0.25) is 0 Å². The van der Waals surface area contributed by atoms with Crippen LogP contribution in [0.1, 0.15) is 5.56 Å². The Kier molecular flexibility index (Phi) is 4.67. The summed E-state index contributed by atoms with van der Waals surface area (Å²) in [5, 5.41) is 23.9. The molecule has 0 aliphatic carbocycles. The Morgan fingerprint density at radius 3 is 2.55 bits per heavy atom. The molecule has 0 aliphatic heterocycles. The summed E-state index contributed by atoms with van der Waals surface area (Å²) in [5.41, 5.74) is 1.18. The summed E-state index contributed by atoms with van der Waals surface area (Å²) in [5.74, 6) is 0.796. The van der Waals surface area contributed by atoms with E-state index in [4.69, 9.17) is 9.47 Å². The summed E-state index contributed by atoms with van der Waals surface area (Å²) < 4.78 is 10.2. The highest BCUT2D eigenvalue weighted by Crippen LogP contribution is 2.32. The number of para-hydroxylation sites is 1. The molecule has 0 aliphatic rings. The fourth-order valence-corrected chi connectivity index (χ4v) is 2.01. The first-order valence-electron chi connectivity index (χ1n) is 6.48. The van der Waals surface area contributed by atoms with E-state index in [0.29, 0.717) is 29.3 Å². The van der Waals surface area contributed by atoms with Crippen LogP contribution >= 0.6 is 0 Å². The summed E-state index contributed by atoms with van der Waals surface area (Å²) in [6.07, 6.45) is 0. The third kappa shape index (κ3) is 3.20. The summed E-state index contributed by atoms with van der Waals surface area (Å²) in [6.45, 7) is 0.317. The van der Waals surface area contributed by atoms with Gasteiger partial charge in [-0.3, -0.25) is 10.1 Å². The van der Waals surface area contributed by atoms with E-state index in [1.165, 1.54) is 26.4 Å². The van der Waals surface area contributed by atoms with Gasteiger partial charge in [0, 0.05) is 18.2 Å². The molecule has 116 valence electrons. The molecule has 2 N–H and O–H groups in total. The number of hydrogen-bond acceptors (Lipinski definition) is 6. The molecule has 0 saturated heterocycles. The fraction of sp³-hybridized carbons (Fsp3) is 0.200. The second kappa shape index (κ2) is 6.66. The van der Waals surface area contributed by atoms with Crippen LogP contribution in [0.4, 0.5) is 11.4 Å². The van der Waals surface area contributed by atoms with Gasteiger partial charge in [-0.1, -0.05) is 12.1 Å². The van der Waals surface area contributed by atoms with Gasteiger partial charge in [-0.05, 0) is 12.1 Å². The Bertz CT molecular complexity index is 688. The molecule has 0 spiro atoms.